The van der Waals surface area contributed by atoms with Crippen molar-refractivity contribution in [1.29, 1.82) is 0 Å². The Hall–Kier alpha value is -2.78. The molecule has 25 heavy (non-hydrogen) atoms. The third-order valence-electron chi connectivity index (χ3n) is 3.88. The number of imidazole rings is 1. The minimum atomic E-state index is 0.334. The maximum absolute atomic E-state index is 7.25. The van der Waals surface area contributed by atoms with E-state index >= 15 is 0 Å². The smallest absolute Gasteiger partial charge is 0.275 e. The van der Waals surface area contributed by atoms with Crippen LogP contribution >= 0.6 is 11.6 Å². The fourth-order valence-electron chi connectivity index (χ4n) is 2.73. The van der Waals surface area contributed by atoms with Gasteiger partial charge in [0.2, 0.25) is 0 Å². The molecule has 3 aromatic rings. The van der Waals surface area contributed by atoms with E-state index in [-0.39, 0.29) is 0 Å². The van der Waals surface area contributed by atoms with Gasteiger partial charge >= 0.3 is 0 Å². The molecule has 0 bridgehead atoms. The van der Waals surface area contributed by atoms with Crippen LogP contribution in [0.4, 0.5) is 11.5 Å². The normalized spacial score (nSPS) is 10.6. The molecular weight excluding hydrogens is 338 g/mol. The Bertz CT molecular complexity index is 914. The van der Waals surface area contributed by atoms with Gasteiger partial charge in [-0.05, 0) is 24.1 Å². The van der Waals surface area contributed by atoms with Gasteiger partial charge in [0.1, 0.15) is 11.4 Å². The molecule has 0 unspecified atom stereocenters. The van der Waals surface area contributed by atoms with Gasteiger partial charge in [0.25, 0.3) is 11.5 Å². The summed E-state index contributed by atoms with van der Waals surface area (Å²) < 4.78 is 6.72. The van der Waals surface area contributed by atoms with Crippen molar-refractivity contribution in [1.82, 2.24) is 14.6 Å². The molecule has 0 aliphatic carbocycles. The summed E-state index contributed by atoms with van der Waals surface area (Å²) in [5.41, 5.74) is 2.65. The zero-order valence-electron chi connectivity index (χ0n) is 14.1. The molecule has 1 aromatic carbocycles. The summed E-state index contributed by atoms with van der Waals surface area (Å²) in [5, 5.41) is 4.54. The monoisotopic (exact) mass is 355 g/mol. The van der Waals surface area contributed by atoms with Crippen LogP contribution in [0.2, 0.25) is 5.15 Å². The first-order valence-electron chi connectivity index (χ1n) is 7.96. The lowest BCUT2D eigenvalue weighted by molar-refractivity contribution is 0.414. The van der Waals surface area contributed by atoms with E-state index in [4.69, 9.17) is 22.9 Å². The van der Waals surface area contributed by atoms with E-state index in [1.807, 2.05) is 24.3 Å². The molecule has 2 aromatic heterocycles. The van der Waals surface area contributed by atoms with Crippen LogP contribution < -0.4 is 9.64 Å². The lowest BCUT2D eigenvalue weighted by Gasteiger charge is -2.24. The number of fused-ring (bicyclic) bond motifs is 1. The first kappa shape index (κ1) is 17.1. The molecule has 6 nitrogen and oxygen atoms in total. The second kappa shape index (κ2) is 7.41. The Morgan fingerprint density at radius 1 is 1.32 bits per heavy atom. The van der Waals surface area contributed by atoms with Crippen LogP contribution in [0.3, 0.4) is 0 Å². The summed E-state index contributed by atoms with van der Waals surface area (Å²) in [7, 11) is 1.65. The van der Waals surface area contributed by atoms with Crippen molar-refractivity contribution in [3.8, 4) is 5.75 Å². The summed E-state index contributed by atoms with van der Waals surface area (Å²) in [6.07, 6.45) is 2.49. The summed E-state index contributed by atoms with van der Waals surface area (Å²) in [4.78, 5) is 10.0. The summed E-state index contributed by atoms with van der Waals surface area (Å²) in [5.74, 6) is 1.18. The van der Waals surface area contributed by atoms with E-state index in [1.54, 1.807) is 13.2 Å². The Labute approximate surface area is 151 Å². The number of nitrogens with zero attached hydrogens (tertiary/aromatic N) is 5. The van der Waals surface area contributed by atoms with Crippen LogP contribution in [0.5, 0.6) is 5.75 Å². The maximum atomic E-state index is 7.25. The van der Waals surface area contributed by atoms with Gasteiger partial charge in [-0.1, -0.05) is 42.3 Å². The van der Waals surface area contributed by atoms with Gasteiger partial charge in [-0.25, -0.2) is 4.98 Å². The van der Waals surface area contributed by atoms with Crippen LogP contribution in [0.15, 0.2) is 36.5 Å². The first-order valence-corrected chi connectivity index (χ1v) is 8.33. The Morgan fingerprint density at radius 2 is 2.08 bits per heavy atom. The summed E-state index contributed by atoms with van der Waals surface area (Å²) in [6, 6.07) is 9.77. The van der Waals surface area contributed by atoms with Crippen molar-refractivity contribution in [2.45, 2.75) is 19.9 Å². The number of hydrogen-bond acceptors (Lipinski definition) is 4. The number of halogens is 1. The molecule has 0 saturated heterocycles. The fourth-order valence-corrected chi connectivity index (χ4v) is 2.91. The summed E-state index contributed by atoms with van der Waals surface area (Å²) >= 11 is 6.19. The number of benzene rings is 1. The minimum absolute atomic E-state index is 0.334. The standard InChI is InChI=1S/C18H18ClN5O/c1-4-9-23(12-13-5-7-14(25-3)8-6-13)15-10-16(19)22-24-17(20-2)11-21-18(15)24/h5-8,10-11H,4,9,12H2,1,3H3. The van der Waals surface area contributed by atoms with E-state index in [1.165, 1.54) is 10.7 Å². The Balaban J connectivity index is 2.01. The number of ether oxygens (including phenoxy) is 1. The van der Waals surface area contributed by atoms with Gasteiger partial charge in [-0.3, -0.25) is 0 Å². The average molecular weight is 356 g/mol. The number of hydrogen-bond donors (Lipinski definition) is 0. The van der Waals surface area contributed by atoms with Gasteiger partial charge in [0.15, 0.2) is 5.15 Å². The predicted octanol–water partition coefficient (Wildman–Crippen LogP) is 4.36. The highest BCUT2D eigenvalue weighted by Crippen LogP contribution is 2.28. The SMILES string of the molecule is [C-]#[N+]c1cnc2c(N(CCC)Cc3ccc(OC)cc3)cc(Cl)nn12. The van der Waals surface area contributed by atoms with Gasteiger partial charge in [-0.2, -0.15) is 0 Å². The van der Waals surface area contributed by atoms with E-state index in [2.05, 4.69) is 26.8 Å². The minimum Gasteiger partial charge on any atom is -0.497 e. The van der Waals surface area contributed by atoms with E-state index in [0.717, 1.165) is 30.0 Å². The number of rotatable bonds is 6. The molecule has 0 spiro atoms. The molecule has 0 saturated carbocycles. The highest BCUT2D eigenvalue weighted by molar-refractivity contribution is 6.29. The second-order valence-electron chi connectivity index (χ2n) is 5.59. The lowest BCUT2D eigenvalue weighted by Crippen LogP contribution is -2.24. The molecule has 2 heterocycles. The number of aromatic nitrogens is 3. The van der Waals surface area contributed by atoms with E-state index in [0.29, 0.717) is 23.2 Å². The highest BCUT2D eigenvalue weighted by Gasteiger charge is 2.18. The number of anilines is 1. The maximum Gasteiger partial charge on any atom is 0.275 e. The van der Waals surface area contributed by atoms with Crippen molar-refractivity contribution in [3.05, 3.63) is 58.7 Å². The molecular formula is C18H18ClN5O. The number of methoxy groups -OCH3 is 1. The van der Waals surface area contributed by atoms with Crippen LogP contribution in [0, 0.1) is 6.57 Å². The lowest BCUT2D eigenvalue weighted by atomic mass is 10.2. The Morgan fingerprint density at radius 3 is 2.72 bits per heavy atom. The molecule has 0 N–H and O–H groups in total. The molecule has 0 amide bonds. The molecule has 128 valence electrons. The van der Waals surface area contributed by atoms with Crippen molar-refractivity contribution >= 4 is 28.8 Å². The second-order valence-corrected chi connectivity index (χ2v) is 5.97. The van der Waals surface area contributed by atoms with Gasteiger partial charge in [0, 0.05) is 19.2 Å². The van der Waals surface area contributed by atoms with Gasteiger partial charge in [0.05, 0.1) is 13.3 Å². The third-order valence-corrected chi connectivity index (χ3v) is 4.07. The van der Waals surface area contributed by atoms with Crippen LogP contribution in [0.25, 0.3) is 10.5 Å². The van der Waals surface area contributed by atoms with Crippen molar-refractivity contribution in [2.75, 3.05) is 18.6 Å². The first-order chi connectivity index (χ1) is 12.2. The summed E-state index contributed by atoms with van der Waals surface area (Å²) in [6.45, 7) is 10.9. The topological polar surface area (TPSA) is 47.0 Å². The van der Waals surface area contributed by atoms with Crippen LogP contribution in [-0.4, -0.2) is 28.3 Å². The van der Waals surface area contributed by atoms with Crippen LogP contribution in [0.1, 0.15) is 18.9 Å². The molecule has 0 aliphatic rings. The van der Waals surface area contributed by atoms with Crippen molar-refractivity contribution < 1.29 is 4.74 Å². The molecule has 0 radical (unpaired) electrons. The zero-order chi connectivity index (χ0) is 17.8. The molecule has 3 rings (SSSR count). The average Bonchev–Trinajstić information content (AvgIpc) is 3.04. The van der Waals surface area contributed by atoms with Gasteiger partial charge < -0.3 is 14.5 Å². The van der Waals surface area contributed by atoms with Gasteiger partial charge in [-0.15, -0.1) is 4.52 Å². The predicted molar refractivity (Wildman–Crippen MR) is 98.6 cm³/mol. The third kappa shape index (κ3) is 3.52. The largest absolute Gasteiger partial charge is 0.497 e. The van der Waals surface area contributed by atoms with Crippen molar-refractivity contribution in [3.63, 3.8) is 0 Å². The molecule has 7 heteroatoms. The van der Waals surface area contributed by atoms with E-state index in [9.17, 15) is 0 Å². The van der Waals surface area contributed by atoms with Crippen molar-refractivity contribution in [2.24, 2.45) is 0 Å². The molecule has 0 atom stereocenters. The molecule has 0 aliphatic heterocycles. The Kier molecular flexibility index (Phi) is 5.05. The highest BCUT2D eigenvalue weighted by atomic mass is 35.5. The quantitative estimate of drug-likeness (QED) is 0.616. The fraction of sp³-hybridized carbons (Fsp3) is 0.278. The van der Waals surface area contributed by atoms with Crippen LogP contribution in [-0.2, 0) is 6.54 Å². The van der Waals surface area contributed by atoms with E-state index < -0.39 is 0 Å². The molecule has 0 fully saturated rings. The zero-order valence-corrected chi connectivity index (χ0v) is 14.9.